The quantitative estimate of drug-likeness (QED) is 0.569. The van der Waals surface area contributed by atoms with Gasteiger partial charge in [0.2, 0.25) is 0 Å². The Hall–Kier alpha value is -0.570. The minimum Gasteiger partial charge on any atom is -0.469 e. The van der Waals surface area contributed by atoms with E-state index in [1.54, 1.807) is 0 Å². The zero-order valence-electron chi connectivity index (χ0n) is 7.09. The normalized spacial score (nSPS) is 37.2. The van der Waals surface area contributed by atoms with Crippen LogP contribution in [0.2, 0.25) is 0 Å². The van der Waals surface area contributed by atoms with E-state index in [1.165, 1.54) is 7.11 Å². The fourth-order valence-corrected chi connectivity index (χ4v) is 1.68. The SMILES string of the molecule is COC(=O)[C@@]1(C)CCC[C@@H]1N. The molecule has 0 aromatic heterocycles. The Morgan fingerprint density at radius 2 is 2.36 bits per heavy atom. The molecule has 0 bridgehead atoms. The lowest BCUT2D eigenvalue weighted by Gasteiger charge is -2.25. The van der Waals surface area contributed by atoms with Gasteiger partial charge in [0.1, 0.15) is 0 Å². The van der Waals surface area contributed by atoms with E-state index in [4.69, 9.17) is 5.73 Å². The maximum absolute atomic E-state index is 11.2. The zero-order valence-corrected chi connectivity index (χ0v) is 7.09. The third-order valence-corrected chi connectivity index (χ3v) is 2.68. The maximum Gasteiger partial charge on any atom is 0.313 e. The van der Waals surface area contributed by atoms with Gasteiger partial charge in [-0.3, -0.25) is 4.79 Å². The van der Waals surface area contributed by atoms with Crippen LogP contribution >= 0.6 is 0 Å². The van der Waals surface area contributed by atoms with Crippen LogP contribution in [0.3, 0.4) is 0 Å². The second-order valence-corrected chi connectivity index (χ2v) is 3.41. The van der Waals surface area contributed by atoms with Gasteiger partial charge in [-0.05, 0) is 19.8 Å². The molecule has 11 heavy (non-hydrogen) atoms. The summed E-state index contributed by atoms with van der Waals surface area (Å²) < 4.78 is 4.69. The largest absolute Gasteiger partial charge is 0.469 e. The van der Waals surface area contributed by atoms with Gasteiger partial charge in [-0.2, -0.15) is 0 Å². The van der Waals surface area contributed by atoms with E-state index in [9.17, 15) is 4.79 Å². The summed E-state index contributed by atoms with van der Waals surface area (Å²) in [6.45, 7) is 1.89. The fraction of sp³-hybridized carbons (Fsp3) is 0.875. The molecule has 0 spiro atoms. The Bertz CT molecular complexity index is 169. The first-order valence-electron chi connectivity index (χ1n) is 3.95. The van der Waals surface area contributed by atoms with Crippen LogP contribution in [0.25, 0.3) is 0 Å². The molecule has 3 nitrogen and oxygen atoms in total. The summed E-state index contributed by atoms with van der Waals surface area (Å²) in [4.78, 5) is 11.2. The molecule has 1 saturated carbocycles. The van der Waals surface area contributed by atoms with E-state index in [-0.39, 0.29) is 12.0 Å². The summed E-state index contributed by atoms with van der Waals surface area (Å²) in [6, 6.07) is -0.0186. The topological polar surface area (TPSA) is 52.3 Å². The van der Waals surface area contributed by atoms with E-state index in [2.05, 4.69) is 4.74 Å². The smallest absolute Gasteiger partial charge is 0.313 e. The lowest BCUT2D eigenvalue weighted by molar-refractivity contribution is -0.152. The molecule has 64 valence electrons. The lowest BCUT2D eigenvalue weighted by Crippen LogP contribution is -2.41. The Morgan fingerprint density at radius 1 is 1.73 bits per heavy atom. The van der Waals surface area contributed by atoms with Crippen LogP contribution < -0.4 is 5.73 Å². The van der Waals surface area contributed by atoms with Crippen LogP contribution in [0.5, 0.6) is 0 Å². The van der Waals surface area contributed by atoms with Gasteiger partial charge in [0.05, 0.1) is 12.5 Å². The van der Waals surface area contributed by atoms with E-state index in [0.717, 1.165) is 19.3 Å². The van der Waals surface area contributed by atoms with E-state index in [1.807, 2.05) is 6.92 Å². The van der Waals surface area contributed by atoms with Crippen molar-refractivity contribution in [3.05, 3.63) is 0 Å². The highest BCUT2D eigenvalue weighted by molar-refractivity contribution is 5.77. The Balaban J connectivity index is 2.72. The standard InChI is InChI=1S/C8H15NO2/c1-8(7(10)11-2)5-3-4-6(8)9/h6H,3-5,9H2,1-2H3/t6-,8-/m0/s1. The molecule has 2 atom stereocenters. The van der Waals surface area contributed by atoms with Gasteiger partial charge >= 0.3 is 5.97 Å². The van der Waals surface area contributed by atoms with Gasteiger partial charge in [-0.25, -0.2) is 0 Å². The highest BCUT2D eigenvalue weighted by atomic mass is 16.5. The second-order valence-electron chi connectivity index (χ2n) is 3.41. The molecule has 1 fully saturated rings. The first kappa shape index (κ1) is 8.53. The molecule has 0 aromatic rings. The molecule has 1 aliphatic carbocycles. The molecule has 0 saturated heterocycles. The Kier molecular flexibility index (Phi) is 2.18. The number of hydrogen-bond acceptors (Lipinski definition) is 3. The summed E-state index contributed by atoms with van der Waals surface area (Å²) in [6.07, 6.45) is 2.83. The van der Waals surface area contributed by atoms with Gasteiger partial charge in [0, 0.05) is 6.04 Å². The molecule has 0 amide bonds. The van der Waals surface area contributed by atoms with Crippen molar-refractivity contribution in [1.82, 2.24) is 0 Å². The van der Waals surface area contributed by atoms with Crippen LogP contribution in [0.4, 0.5) is 0 Å². The minimum atomic E-state index is -0.422. The highest BCUT2D eigenvalue weighted by Crippen LogP contribution is 2.37. The molecule has 0 aliphatic heterocycles. The molecule has 1 rings (SSSR count). The average molecular weight is 157 g/mol. The molecule has 2 N–H and O–H groups in total. The molecule has 0 aromatic carbocycles. The van der Waals surface area contributed by atoms with Crippen LogP contribution in [0.15, 0.2) is 0 Å². The summed E-state index contributed by atoms with van der Waals surface area (Å²) in [5, 5.41) is 0. The number of methoxy groups -OCH3 is 1. The Morgan fingerprint density at radius 3 is 2.73 bits per heavy atom. The molecule has 0 unspecified atom stereocenters. The van der Waals surface area contributed by atoms with Gasteiger partial charge in [-0.1, -0.05) is 6.42 Å². The lowest BCUT2D eigenvalue weighted by atomic mass is 9.85. The molecule has 0 heterocycles. The van der Waals surface area contributed by atoms with Crippen LogP contribution in [-0.4, -0.2) is 19.1 Å². The summed E-state index contributed by atoms with van der Waals surface area (Å²) in [5.74, 6) is -0.164. The third-order valence-electron chi connectivity index (χ3n) is 2.68. The van der Waals surface area contributed by atoms with Crippen molar-refractivity contribution in [3.8, 4) is 0 Å². The molecule has 3 heteroatoms. The number of hydrogen-bond donors (Lipinski definition) is 1. The number of ether oxygens (including phenoxy) is 1. The highest BCUT2D eigenvalue weighted by Gasteiger charge is 2.43. The van der Waals surface area contributed by atoms with Crippen molar-refractivity contribution in [3.63, 3.8) is 0 Å². The van der Waals surface area contributed by atoms with Crippen molar-refractivity contribution in [1.29, 1.82) is 0 Å². The van der Waals surface area contributed by atoms with E-state index >= 15 is 0 Å². The third kappa shape index (κ3) is 1.25. The maximum atomic E-state index is 11.2. The van der Waals surface area contributed by atoms with Crippen molar-refractivity contribution in [2.24, 2.45) is 11.1 Å². The monoisotopic (exact) mass is 157 g/mol. The van der Waals surface area contributed by atoms with Crippen molar-refractivity contribution < 1.29 is 9.53 Å². The van der Waals surface area contributed by atoms with Gasteiger partial charge < -0.3 is 10.5 Å². The van der Waals surface area contributed by atoms with E-state index < -0.39 is 5.41 Å². The predicted octanol–water partition coefficient (Wildman–Crippen LogP) is 0.677. The number of carbonyl (C=O) groups excluding carboxylic acids is 1. The molecular formula is C8H15NO2. The van der Waals surface area contributed by atoms with Gasteiger partial charge in [0.25, 0.3) is 0 Å². The number of carbonyl (C=O) groups is 1. The molecule has 0 radical (unpaired) electrons. The zero-order chi connectivity index (χ0) is 8.48. The summed E-state index contributed by atoms with van der Waals surface area (Å²) in [5.41, 5.74) is 5.37. The molecular weight excluding hydrogens is 142 g/mol. The Labute approximate surface area is 66.9 Å². The first-order chi connectivity index (χ1) is 5.11. The van der Waals surface area contributed by atoms with Crippen molar-refractivity contribution in [2.45, 2.75) is 32.2 Å². The summed E-state index contributed by atoms with van der Waals surface area (Å²) >= 11 is 0. The first-order valence-corrected chi connectivity index (χ1v) is 3.95. The number of rotatable bonds is 1. The average Bonchev–Trinajstić information content (AvgIpc) is 2.32. The number of nitrogens with two attached hydrogens (primary N) is 1. The van der Waals surface area contributed by atoms with Gasteiger partial charge in [0.15, 0.2) is 0 Å². The predicted molar refractivity (Wildman–Crippen MR) is 41.9 cm³/mol. The van der Waals surface area contributed by atoms with Crippen molar-refractivity contribution >= 4 is 5.97 Å². The van der Waals surface area contributed by atoms with Crippen LogP contribution in [0, 0.1) is 5.41 Å². The van der Waals surface area contributed by atoms with E-state index in [0.29, 0.717) is 0 Å². The molecule has 1 aliphatic rings. The van der Waals surface area contributed by atoms with Gasteiger partial charge in [-0.15, -0.1) is 0 Å². The van der Waals surface area contributed by atoms with Crippen molar-refractivity contribution in [2.75, 3.05) is 7.11 Å². The summed E-state index contributed by atoms with van der Waals surface area (Å²) in [7, 11) is 1.42. The fourth-order valence-electron chi connectivity index (χ4n) is 1.68. The second kappa shape index (κ2) is 2.81. The number of esters is 1. The minimum absolute atomic E-state index is 0.0186. The van der Waals surface area contributed by atoms with Crippen LogP contribution in [-0.2, 0) is 9.53 Å². The van der Waals surface area contributed by atoms with Crippen LogP contribution in [0.1, 0.15) is 26.2 Å².